The molecule has 2 heterocycles. The number of carboxylic acids is 1. The predicted octanol–water partition coefficient (Wildman–Crippen LogP) is 2.95. The molecule has 1 aromatic carbocycles. The monoisotopic (exact) mass is 341 g/mol. The fourth-order valence-electron chi connectivity index (χ4n) is 3.50. The Hall–Kier alpha value is -2.63. The van der Waals surface area contributed by atoms with E-state index < -0.39 is 5.97 Å². The minimum absolute atomic E-state index is 0.0978. The van der Waals surface area contributed by atoms with E-state index >= 15 is 0 Å². The molecule has 6 nitrogen and oxygen atoms in total. The van der Waals surface area contributed by atoms with Crippen LogP contribution in [0.3, 0.4) is 0 Å². The highest BCUT2D eigenvalue weighted by atomic mass is 16.4. The van der Waals surface area contributed by atoms with E-state index in [2.05, 4.69) is 48.5 Å². The number of carboxylic acid groups (broad SMARTS) is 1. The van der Waals surface area contributed by atoms with Crippen LogP contribution in [0.15, 0.2) is 24.3 Å². The fraction of sp³-hybridized carbons (Fsp3) is 0.421. The maximum atomic E-state index is 12.2. The summed E-state index contributed by atoms with van der Waals surface area (Å²) in [6.45, 7) is 5.96. The second-order valence-corrected chi connectivity index (χ2v) is 7.04. The lowest BCUT2D eigenvalue weighted by atomic mass is 9.85. The first-order chi connectivity index (χ1) is 11.8. The first kappa shape index (κ1) is 17.2. The van der Waals surface area contributed by atoms with Crippen molar-refractivity contribution in [2.75, 3.05) is 5.32 Å². The number of carbonyl (C=O) groups excluding carboxylic acids is 1. The van der Waals surface area contributed by atoms with Gasteiger partial charge in [-0.25, -0.2) is 4.68 Å². The Labute approximate surface area is 146 Å². The third-order valence-electron chi connectivity index (χ3n) is 4.48. The summed E-state index contributed by atoms with van der Waals surface area (Å²) < 4.78 is 1.37. The first-order valence-electron chi connectivity index (χ1n) is 8.53. The minimum atomic E-state index is -0.986. The van der Waals surface area contributed by atoms with Gasteiger partial charge in [0.05, 0.1) is 5.69 Å². The van der Waals surface area contributed by atoms with Crippen LogP contribution >= 0.6 is 0 Å². The van der Waals surface area contributed by atoms with Crippen LogP contribution in [0, 0.1) is 12.8 Å². The molecule has 2 aromatic rings. The van der Waals surface area contributed by atoms with Gasteiger partial charge in [0, 0.05) is 17.9 Å². The molecule has 25 heavy (non-hydrogen) atoms. The number of rotatable bonds is 5. The summed E-state index contributed by atoms with van der Waals surface area (Å²) in [7, 11) is 0. The molecular formula is C19H23N3O3. The number of hydrogen-bond donors (Lipinski definition) is 2. The van der Waals surface area contributed by atoms with Gasteiger partial charge in [0.15, 0.2) is 0 Å². The van der Waals surface area contributed by atoms with E-state index in [0.29, 0.717) is 18.2 Å². The van der Waals surface area contributed by atoms with Gasteiger partial charge in [-0.15, -0.1) is 0 Å². The first-order valence-corrected chi connectivity index (χ1v) is 8.53. The van der Waals surface area contributed by atoms with E-state index in [1.54, 1.807) is 0 Å². The largest absolute Gasteiger partial charge is 0.480 e. The molecule has 0 fully saturated rings. The predicted molar refractivity (Wildman–Crippen MR) is 94.7 cm³/mol. The van der Waals surface area contributed by atoms with Crippen molar-refractivity contribution in [3.8, 4) is 0 Å². The Balaban J connectivity index is 1.97. The quantitative estimate of drug-likeness (QED) is 0.876. The molecule has 1 atom stereocenters. The Morgan fingerprint density at radius 3 is 2.64 bits per heavy atom. The number of nitrogens with zero attached hydrogens (tertiary/aromatic N) is 2. The van der Waals surface area contributed by atoms with Crippen molar-refractivity contribution in [3.05, 3.63) is 46.6 Å². The molecule has 0 saturated heterocycles. The van der Waals surface area contributed by atoms with Crippen LogP contribution in [0.4, 0.5) is 5.82 Å². The molecule has 0 unspecified atom stereocenters. The second-order valence-electron chi connectivity index (χ2n) is 7.04. The lowest BCUT2D eigenvalue weighted by Crippen LogP contribution is -2.26. The summed E-state index contributed by atoms with van der Waals surface area (Å²) in [6.07, 6.45) is 1.36. The minimum Gasteiger partial charge on any atom is -0.480 e. The fourth-order valence-corrected chi connectivity index (χ4v) is 3.50. The topological polar surface area (TPSA) is 84.2 Å². The molecule has 0 aliphatic carbocycles. The molecular weight excluding hydrogens is 318 g/mol. The number of hydrogen-bond acceptors (Lipinski definition) is 3. The zero-order valence-corrected chi connectivity index (χ0v) is 14.7. The summed E-state index contributed by atoms with van der Waals surface area (Å²) >= 11 is 0. The molecule has 1 aromatic heterocycles. The van der Waals surface area contributed by atoms with Crippen molar-refractivity contribution in [2.45, 2.75) is 46.1 Å². The van der Waals surface area contributed by atoms with Gasteiger partial charge in [0.1, 0.15) is 12.4 Å². The van der Waals surface area contributed by atoms with Crippen molar-refractivity contribution >= 4 is 17.7 Å². The van der Waals surface area contributed by atoms with Crippen LogP contribution < -0.4 is 5.32 Å². The summed E-state index contributed by atoms with van der Waals surface area (Å²) in [5.74, 6) is -0.101. The number of aromatic nitrogens is 2. The van der Waals surface area contributed by atoms with Crippen molar-refractivity contribution < 1.29 is 14.7 Å². The van der Waals surface area contributed by atoms with E-state index in [1.165, 1.54) is 10.2 Å². The maximum absolute atomic E-state index is 12.2. The zero-order valence-electron chi connectivity index (χ0n) is 14.7. The van der Waals surface area contributed by atoms with Gasteiger partial charge in [-0.2, -0.15) is 5.10 Å². The number of benzene rings is 1. The van der Waals surface area contributed by atoms with Gasteiger partial charge >= 0.3 is 5.97 Å². The number of aliphatic carboxylic acids is 1. The second kappa shape index (κ2) is 6.70. The summed E-state index contributed by atoms with van der Waals surface area (Å²) in [5, 5.41) is 16.2. The third-order valence-corrected chi connectivity index (χ3v) is 4.48. The van der Waals surface area contributed by atoms with E-state index in [9.17, 15) is 9.59 Å². The zero-order chi connectivity index (χ0) is 18.1. The van der Waals surface area contributed by atoms with Gasteiger partial charge in [0.2, 0.25) is 5.91 Å². The average molecular weight is 341 g/mol. The standard InChI is InChI=1S/C19H23N3O3/c1-11(2)8-13-4-6-14(7-5-13)15-9-16(23)20-19-18(15)12(3)21-22(19)10-17(24)25/h4-7,11,15H,8-10H2,1-3H3,(H,20,23)(H,24,25)/t15-/m0/s1. The van der Waals surface area contributed by atoms with Gasteiger partial charge in [-0.1, -0.05) is 38.1 Å². The van der Waals surface area contributed by atoms with Crippen molar-refractivity contribution in [1.29, 1.82) is 0 Å². The molecule has 0 bridgehead atoms. The lowest BCUT2D eigenvalue weighted by Gasteiger charge is -2.24. The van der Waals surface area contributed by atoms with Crippen LogP contribution in [-0.4, -0.2) is 26.8 Å². The normalized spacial score (nSPS) is 16.6. The number of nitrogens with one attached hydrogen (secondary N) is 1. The Kier molecular flexibility index (Phi) is 4.61. The Morgan fingerprint density at radius 2 is 2.04 bits per heavy atom. The van der Waals surface area contributed by atoms with Gasteiger partial charge < -0.3 is 10.4 Å². The number of aryl methyl sites for hydroxylation is 1. The molecule has 0 radical (unpaired) electrons. The Morgan fingerprint density at radius 1 is 1.36 bits per heavy atom. The maximum Gasteiger partial charge on any atom is 0.325 e. The van der Waals surface area contributed by atoms with Gasteiger partial charge in [-0.3, -0.25) is 9.59 Å². The molecule has 1 amide bonds. The van der Waals surface area contributed by atoms with Gasteiger partial charge in [0.25, 0.3) is 0 Å². The average Bonchev–Trinajstić information content (AvgIpc) is 2.82. The number of carbonyl (C=O) groups is 2. The van der Waals surface area contributed by atoms with Crippen LogP contribution in [0.5, 0.6) is 0 Å². The number of amides is 1. The molecule has 0 spiro atoms. The van der Waals surface area contributed by atoms with Crippen LogP contribution in [-0.2, 0) is 22.6 Å². The lowest BCUT2D eigenvalue weighted by molar-refractivity contribution is -0.137. The third kappa shape index (κ3) is 3.57. The molecule has 2 N–H and O–H groups in total. The summed E-state index contributed by atoms with van der Waals surface area (Å²) in [5.41, 5.74) is 4.00. The van der Waals surface area contributed by atoms with E-state index in [-0.39, 0.29) is 18.4 Å². The summed E-state index contributed by atoms with van der Waals surface area (Å²) in [4.78, 5) is 23.2. The highest BCUT2D eigenvalue weighted by molar-refractivity contribution is 5.94. The van der Waals surface area contributed by atoms with E-state index in [4.69, 9.17) is 5.11 Å². The molecule has 1 aliphatic rings. The summed E-state index contributed by atoms with van der Waals surface area (Å²) in [6, 6.07) is 8.36. The van der Waals surface area contributed by atoms with Crippen molar-refractivity contribution in [1.82, 2.24) is 9.78 Å². The smallest absolute Gasteiger partial charge is 0.325 e. The number of anilines is 1. The Bertz CT molecular complexity index is 806. The van der Waals surface area contributed by atoms with Crippen LogP contribution in [0.2, 0.25) is 0 Å². The molecule has 0 saturated carbocycles. The number of fused-ring (bicyclic) bond motifs is 1. The van der Waals surface area contributed by atoms with E-state index in [0.717, 1.165) is 23.2 Å². The SMILES string of the molecule is Cc1nn(CC(=O)O)c2c1[C@H](c1ccc(CC(C)C)cc1)CC(=O)N2. The molecule has 132 valence electrons. The van der Waals surface area contributed by atoms with Crippen LogP contribution in [0.1, 0.15) is 48.6 Å². The molecule has 3 rings (SSSR count). The molecule has 1 aliphatic heterocycles. The van der Waals surface area contributed by atoms with Crippen molar-refractivity contribution in [3.63, 3.8) is 0 Å². The van der Waals surface area contributed by atoms with Gasteiger partial charge in [-0.05, 0) is 30.4 Å². The van der Waals surface area contributed by atoms with Crippen molar-refractivity contribution in [2.24, 2.45) is 5.92 Å². The highest BCUT2D eigenvalue weighted by Gasteiger charge is 2.32. The molecule has 6 heteroatoms. The van der Waals surface area contributed by atoms with E-state index in [1.807, 2.05) is 6.92 Å². The highest BCUT2D eigenvalue weighted by Crippen LogP contribution is 2.39. The van der Waals surface area contributed by atoms with Crippen LogP contribution in [0.25, 0.3) is 0 Å².